The second-order valence-electron chi connectivity index (χ2n) is 8.60. The number of nitrogens with one attached hydrogen (secondary N) is 1. The van der Waals surface area contributed by atoms with Crippen LogP contribution in [0.3, 0.4) is 0 Å². The fourth-order valence-electron chi connectivity index (χ4n) is 4.00. The quantitative estimate of drug-likeness (QED) is 0.405. The first-order valence-electron chi connectivity index (χ1n) is 10.4. The number of aliphatic hydroxyl groups is 1. The zero-order chi connectivity index (χ0) is 25.8. The van der Waals surface area contributed by atoms with Crippen molar-refractivity contribution in [2.24, 2.45) is 0 Å². The van der Waals surface area contributed by atoms with Crippen LogP contribution in [0.2, 0.25) is 10.0 Å². The number of aliphatic hydroxyl groups excluding tert-OH is 1. The van der Waals surface area contributed by atoms with E-state index >= 15 is 4.39 Å². The van der Waals surface area contributed by atoms with E-state index < -0.39 is 45.0 Å². The van der Waals surface area contributed by atoms with Gasteiger partial charge in [0.2, 0.25) is 11.5 Å². The lowest BCUT2D eigenvalue weighted by Crippen LogP contribution is -2.59. The maximum Gasteiger partial charge on any atom is 0.428 e. The van der Waals surface area contributed by atoms with E-state index in [9.17, 15) is 27.5 Å². The van der Waals surface area contributed by atoms with Gasteiger partial charge in [0.15, 0.2) is 11.5 Å². The van der Waals surface area contributed by atoms with Crippen LogP contribution in [0, 0.1) is 5.82 Å². The number of carbonyl (C=O) groups excluding carboxylic acids is 1. The summed E-state index contributed by atoms with van der Waals surface area (Å²) in [7, 11) is 0. The number of likely N-dealkylation sites (tertiary alicyclic amines) is 1. The van der Waals surface area contributed by atoms with Crippen LogP contribution in [0.1, 0.15) is 30.0 Å². The van der Waals surface area contributed by atoms with Crippen molar-refractivity contribution in [2.75, 3.05) is 13.1 Å². The highest BCUT2D eigenvalue weighted by Gasteiger charge is 2.60. The molecule has 0 saturated carbocycles. The predicted octanol–water partition coefficient (Wildman–Crippen LogP) is 5.24. The SMILES string of the molecule is C[C@H](O)CC(=O)N1CC(F)(c2ccc(C3=CC(c4cc(Cl)c(F)c(Cl)c4)(C(F)(F)F)ON3)cc2)C1. The maximum atomic E-state index is 15.2. The van der Waals surface area contributed by atoms with Gasteiger partial charge in [-0.25, -0.2) is 8.78 Å². The van der Waals surface area contributed by atoms with Crippen molar-refractivity contribution < 1.29 is 36.7 Å². The Bertz CT molecular complexity index is 1160. The highest BCUT2D eigenvalue weighted by atomic mass is 35.5. The van der Waals surface area contributed by atoms with Crippen LogP contribution in [-0.4, -0.2) is 41.3 Å². The maximum absolute atomic E-state index is 15.2. The van der Waals surface area contributed by atoms with Gasteiger partial charge in [-0.3, -0.25) is 15.1 Å². The molecule has 0 aliphatic carbocycles. The minimum Gasteiger partial charge on any atom is -0.393 e. The fourth-order valence-corrected chi connectivity index (χ4v) is 4.49. The average Bonchev–Trinajstić information content (AvgIpc) is 3.21. The molecule has 2 N–H and O–H groups in total. The molecular weight excluding hydrogens is 518 g/mol. The molecule has 0 spiro atoms. The van der Waals surface area contributed by atoms with Gasteiger partial charge in [-0.2, -0.15) is 13.2 Å². The Morgan fingerprint density at radius 1 is 1.17 bits per heavy atom. The third kappa shape index (κ3) is 4.60. The molecule has 4 rings (SSSR count). The normalized spacial score (nSPS) is 22.3. The zero-order valence-electron chi connectivity index (χ0n) is 18.1. The Morgan fingerprint density at radius 3 is 2.26 bits per heavy atom. The molecular formula is C23H19Cl2F5N2O3. The summed E-state index contributed by atoms with van der Waals surface area (Å²) < 4.78 is 71.3. The largest absolute Gasteiger partial charge is 0.428 e. The monoisotopic (exact) mass is 536 g/mol. The van der Waals surface area contributed by atoms with E-state index in [0.29, 0.717) is 0 Å². The lowest BCUT2D eigenvalue weighted by Gasteiger charge is -2.45. The first kappa shape index (κ1) is 25.7. The number of halogens is 7. The molecule has 2 heterocycles. The smallest absolute Gasteiger partial charge is 0.393 e. The summed E-state index contributed by atoms with van der Waals surface area (Å²) >= 11 is 11.4. The standard InChI is InChI=1S/C23H19Cl2F5N2O3/c1-12(33)6-19(34)32-10-21(27,11-32)14-4-2-13(3-5-14)18-9-22(35-31-18,23(28,29)30)15-7-16(24)20(26)17(25)8-15/h2-5,7-9,12,31,33H,6,10-11H2,1H3/t12-,22?/m0/s1. The molecule has 2 aliphatic heterocycles. The summed E-state index contributed by atoms with van der Waals surface area (Å²) in [5.74, 6) is -1.42. The molecule has 2 aromatic carbocycles. The van der Waals surface area contributed by atoms with E-state index in [1.54, 1.807) is 0 Å². The Labute approximate surface area is 207 Å². The van der Waals surface area contributed by atoms with E-state index in [-0.39, 0.29) is 42.2 Å². The van der Waals surface area contributed by atoms with Gasteiger partial charge in [0, 0.05) is 5.56 Å². The highest BCUT2D eigenvalue weighted by molar-refractivity contribution is 6.35. The van der Waals surface area contributed by atoms with Gasteiger partial charge in [-0.15, -0.1) is 0 Å². The third-order valence-corrected chi connectivity index (χ3v) is 6.47. The minimum absolute atomic E-state index is 0.0549. The van der Waals surface area contributed by atoms with Crippen molar-refractivity contribution in [3.63, 3.8) is 0 Å². The summed E-state index contributed by atoms with van der Waals surface area (Å²) in [4.78, 5) is 18.2. The van der Waals surface area contributed by atoms with E-state index in [1.165, 1.54) is 36.1 Å². The Hall–Kier alpha value is -2.40. The van der Waals surface area contributed by atoms with E-state index in [1.807, 2.05) is 0 Å². The molecule has 5 nitrogen and oxygen atoms in total. The van der Waals surface area contributed by atoms with Gasteiger partial charge in [-0.1, -0.05) is 47.5 Å². The average molecular weight is 537 g/mol. The number of rotatable bonds is 5. The fraction of sp³-hybridized carbons (Fsp3) is 0.348. The summed E-state index contributed by atoms with van der Waals surface area (Å²) in [5.41, 5.74) is -2.63. The summed E-state index contributed by atoms with van der Waals surface area (Å²) in [6.07, 6.45) is -5.15. The van der Waals surface area contributed by atoms with Gasteiger partial charge in [0.25, 0.3) is 0 Å². The van der Waals surface area contributed by atoms with Crippen molar-refractivity contribution >= 4 is 34.8 Å². The molecule has 0 bridgehead atoms. The van der Waals surface area contributed by atoms with Crippen LogP contribution in [0.4, 0.5) is 22.0 Å². The highest BCUT2D eigenvalue weighted by Crippen LogP contribution is 2.48. The van der Waals surface area contributed by atoms with Gasteiger partial charge >= 0.3 is 6.18 Å². The molecule has 1 unspecified atom stereocenters. The summed E-state index contributed by atoms with van der Waals surface area (Å²) in [6.45, 7) is 1.08. The molecule has 188 valence electrons. The van der Waals surface area contributed by atoms with Crippen LogP contribution in [-0.2, 0) is 20.9 Å². The molecule has 2 aliphatic rings. The van der Waals surface area contributed by atoms with Crippen LogP contribution >= 0.6 is 23.2 Å². The minimum atomic E-state index is -4.97. The number of hydrogen-bond donors (Lipinski definition) is 2. The van der Waals surface area contributed by atoms with E-state index in [2.05, 4.69) is 5.48 Å². The topological polar surface area (TPSA) is 61.8 Å². The first-order valence-corrected chi connectivity index (χ1v) is 11.2. The number of carbonyl (C=O) groups is 1. The van der Waals surface area contributed by atoms with Crippen LogP contribution in [0.5, 0.6) is 0 Å². The molecule has 0 radical (unpaired) electrons. The number of alkyl halides is 4. The first-order chi connectivity index (χ1) is 16.3. The number of benzene rings is 2. The van der Waals surface area contributed by atoms with Gasteiger partial charge < -0.3 is 10.0 Å². The third-order valence-electron chi connectivity index (χ3n) is 5.92. The van der Waals surface area contributed by atoms with Crippen molar-refractivity contribution in [3.05, 3.63) is 75.0 Å². The summed E-state index contributed by atoms with van der Waals surface area (Å²) in [5, 5.41) is 8.12. The molecule has 1 amide bonds. The van der Waals surface area contributed by atoms with Crippen LogP contribution in [0.25, 0.3) is 5.70 Å². The van der Waals surface area contributed by atoms with E-state index in [0.717, 1.165) is 18.2 Å². The molecule has 12 heteroatoms. The number of nitrogens with zero attached hydrogens (tertiary/aromatic N) is 1. The number of hydroxylamine groups is 1. The molecule has 1 saturated heterocycles. The van der Waals surface area contributed by atoms with E-state index in [4.69, 9.17) is 28.0 Å². The lowest BCUT2D eigenvalue weighted by molar-refractivity contribution is -0.269. The number of hydrogen-bond acceptors (Lipinski definition) is 4. The molecule has 1 fully saturated rings. The van der Waals surface area contributed by atoms with Crippen LogP contribution < -0.4 is 5.48 Å². The van der Waals surface area contributed by atoms with Crippen LogP contribution in [0.15, 0.2) is 42.5 Å². The predicted molar refractivity (Wildman–Crippen MR) is 118 cm³/mol. The Balaban J connectivity index is 1.58. The zero-order valence-corrected chi connectivity index (χ0v) is 19.6. The Morgan fingerprint density at radius 2 is 1.74 bits per heavy atom. The van der Waals surface area contributed by atoms with Crippen molar-refractivity contribution in [1.29, 1.82) is 0 Å². The molecule has 35 heavy (non-hydrogen) atoms. The molecule has 2 aromatic rings. The lowest BCUT2D eigenvalue weighted by atomic mass is 9.86. The second kappa shape index (κ2) is 8.92. The van der Waals surface area contributed by atoms with Gasteiger partial charge in [0.1, 0.15) is 0 Å². The van der Waals surface area contributed by atoms with Crippen molar-refractivity contribution in [3.8, 4) is 0 Å². The van der Waals surface area contributed by atoms with Gasteiger partial charge in [-0.05, 0) is 36.3 Å². The second-order valence-corrected chi connectivity index (χ2v) is 9.41. The van der Waals surface area contributed by atoms with Gasteiger partial charge in [0.05, 0.1) is 41.4 Å². The number of amides is 1. The molecule has 0 aromatic heterocycles. The van der Waals surface area contributed by atoms with Crippen molar-refractivity contribution in [1.82, 2.24) is 10.4 Å². The van der Waals surface area contributed by atoms with Crippen molar-refractivity contribution in [2.45, 2.75) is 36.9 Å². The molecule has 2 atom stereocenters. The summed E-state index contributed by atoms with van der Waals surface area (Å²) in [6, 6.07) is 7.22. The Kier molecular flexibility index (Phi) is 6.54.